The lowest BCUT2D eigenvalue weighted by Gasteiger charge is -2.37. The Labute approximate surface area is 118 Å². The summed E-state index contributed by atoms with van der Waals surface area (Å²) in [6.45, 7) is 16.9. The summed E-state index contributed by atoms with van der Waals surface area (Å²) in [5.74, 6) is -0.452. The van der Waals surface area contributed by atoms with Gasteiger partial charge in [-0.3, -0.25) is 0 Å². The van der Waals surface area contributed by atoms with Crippen molar-refractivity contribution in [2.24, 2.45) is 0 Å². The summed E-state index contributed by atoms with van der Waals surface area (Å²) in [5.41, 5.74) is 0. The summed E-state index contributed by atoms with van der Waals surface area (Å²) in [7, 11) is -1.69. The summed E-state index contributed by atoms with van der Waals surface area (Å²) < 4.78 is 18.2. The van der Waals surface area contributed by atoms with Crippen molar-refractivity contribution in [1.82, 2.24) is 5.32 Å². The molecule has 0 aromatic carbocycles. The molecule has 0 saturated carbocycles. The lowest BCUT2D eigenvalue weighted by Crippen LogP contribution is -2.46. The van der Waals surface area contributed by atoms with Crippen LogP contribution in [-0.2, 0) is 13.9 Å². The molecule has 2 rings (SSSR count). The van der Waals surface area contributed by atoms with Gasteiger partial charge in [0.2, 0.25) is 0 Å². The number of rotatable bonds is 3. The van der Waals surface area contributed by atoms with E-state index in [1.807, 2.05) is 13.8 Å². The van der Waals surface area contributed by atoms with Crippen LogP contribution in [-0.4, -0.2) is 45.5 Å². The molecule has 0 radical (unpaired) electrons. The van der Waals surface area contributed by atoms with E-state index in [0.717, 1.165) is 13.2 Å². The lowest BCUT2D eigenvalue weighted by molar-refractivity contribution is -0.153. The number of fused-ring (bicyclic) bond motifs is 1. The van der Waals surface area contributed by atoms with Crippen LogP contribution in [0.3, 0.4) is 0 Å². The maximum atomic E-state index is 6.30. The molecule has 2 fully saturated rings. The van der Waals surface area contributed by atoms with Crippen molar-refractivity contribution in [3.05, 3.63) is 0 Å². The maximum absolute atomic E-state index is 6.30. The van der Waals surface area contributed by atoms with Crippen LogP contribution in [0.25, 0.3) is 0 Å². The zero-order valence-electron chi connectivity index (χ0n) is 13.4. The van der Waals surface area contributed by atoms with Gasteiger partial charge in [-0.15, -0.1) is 0 Å². The molecule has 0 aromatic rings. The van der Waals surface area contributed by atoms with Crippen molar-refractivity contribution < 1.29 is 13.9 Å². The van der Waals surface area contributed by atoms with Crippen LogP contribution in [0.4, 0.5) is 0 Å². The number of ether oxygens (including phenoxy) is 2. The van der Waals surface area contributed by atoms with E-state index in [1.54, 1.807) is 0 Å². The van der Waals surface area contributed by atoms with Gasteiger partial charge in [0.15, 0.2) is 14.1 Å². The van der Waals surface area contributed by atoms with Gasteiger partial charge in [-0.1, -0.05) is 20.8 Å². The molecular weight excluding hydrogens is 258 g/mol. The molecule has 4 nitrogen and oxygen atoms in total. The molecule has 112 valence electrons. The Bertz CT molecular complexity index is 338. The third-order valence-electron chi connectivity index (χ3n) is 4.63. The van der Waals surface area contributed by atoms with Crippen LogP contribution < -0.4 is 5.32 Å². The minimum absolute atomic E-state index is 0.125. The number of nitrogens with one attached hydrogen (secondary N) is 1. The van der Waals surface area contributed by atoms with Crippen LogP contribution in [0.15, 0.2) is 0 Å². The van der Waals surface area contributed by atoms with Gasteiger partial charge < -0.3 is 19.2 Å². The van der Waals surface area contributed by atoms with E-state index in [1.165, 1.54) is 0 Å². The third kappa shape index (κ3) is 3.21. The second kappa shape index (κ2) is 4.81. The molecule has 2 heterocycles. The Balaban J connectivity index is 1.91. The van der Waals surface area contributed by atoms with Crippen molar-refractivity contribution in [2.75, 3.05) is 13.2 Å². The number of hydrogen-bond donors (Lipinski definition) is 1. The van der Waals surface area contributed by atoms with E-state index in [9.17, 15) is 0 Å². The van der Waals surface area contributed by atoms with Crippen molar-refractivity contribution in [2.45, 2.75) is 76.8 Å². The van der Waals surface area contributed by atoms with Gasteiger partial charge in [0.1, 0.15) is 12.2 Å². The Morgan fingerprint density at radius 1 is 1.26 bits per heavy atom. The van der Waals surface area contributed by atoms with Crippen LogP contribution in [0.1, 0.15) is 34.6 Å². The van der Waals surface area contributed by atoms with Gasteiger partial charge in [-0.2, -0.15) is 0 Å². The molecule has 2 aliphatic heterocycles. The predicted octanol–water partition coefficient (Wildman–Crippen LogP) is 2.50. The van der Waals surface area contributed by atoms with Crippen molar-refractivity contribution in [1.29, 1.82) is 0 Å². The van der Waals surface area contributed by atoms with Crippen LogP contribution in [0.5, 0.6) is 0 Å². The van der Waals surface area contributed by atoms with E-state index in [4.69, 9.17) is 13.9 Å². The molecule has 1 unspecified atom stereocenters. The van der Waals surface area contributed by atoms with Crippen molar-refractivity contribution in [3.63, 3.8) is 0 Å². The largest absolute Gasteiger partial charge is 0.415 e. The predicted molar refractivity (Wildman–Crippen MR) is 78.8 cm³/mol. The summed E-state index contributed by atoms with van der Waals surface area (Å²) in [5, 5.41) is 3.71. The first-order chi connectivity index (χ1) is 8.52. The first-order valence-electron chi connectivity index (χ1n) is 7.25. The highest BCUT2D eigenvalue weighted by atomic mass is 28.4. The SMILES string of the molecule is CC1(C)OC2CN[C@H](CO[Si](C)(C)C(C)(C)C)[C@@H]2O1. The molecular formula is C14H29NO3Si. The Kier molecular flexibility index (Phi) is 3.91. The van der Waals surface area contributed by atoms with Gasteiger partial charge >= 0.3 is 0 Å². The second-order valence-electron chi connectivity index (χ2n) is 7.72. The summed E-state index contributed by atoms with van der Waals surface area (Å²) in [6.07, 6.45) is 0.294. The van der Waals surface area contributed by atoms with Crippen LogP contribution in [0, 0.1) is 0 Å². The molecule has 0 bridgehead atoms. The van der Waals surface area contributed by atoms with E-state index in [0.29, 0.717) is 0 Å². The first-order valence-corrected chi connectivity index (χ1v) is 10.2. The average molecular weight is 287 g/mol. The Hall–Kier alpha value is 0.0569. The highest BCUT2D eigenvalue weighted by Crippen LogP contribution is 2.38. The fourth-order valence-corrected chi connectivity index (χ4v) is 3.44. The molecule has 0 aliphatic carbocycles. The maximum Gasteiger partial charge on any atom is 0.192 e. The molecule has 0 spiro atoms. The fourth-order valence-electron chi connectivity index (χ4n) is 2.41. The molecule has 0 amide bonds. The van der Waals surface area contributed by atoms with Crippen molar-refractivity contribution >= 4 is 8.32 Å². The smallest absolute Gasteiger partial charge is 0.192 e. The summed E-state index contributed by atoms with van der Waals surface area (Å²) in [6, 6.07) is 0.251. The molecule has 2 aliphatic rings. The second-order valence-corrected chi connectivity index (χ2v) is 12.5. The molecule has 5 heteroatoms. The first kappa shape index (κ1) is 15.4. The lowest BCUT2D eigenvalue weighted by atomic mass is 10.1. The van der Waals surface area contributed by atoms with E-state index in [-0.39, 0.29) is 23.3 Å². The van der Waals surface area contributed by atoms with Gasteiger partial charge in [0.25, 0.3) is 0 Å². The quantitative estimate of drug-likeness (QED) is 0.810. The minimum Gasteiger partial charge on any atom is -0.415 e. The Morgan fingerprint density at radius 2 is 1.89 bits per heavy atom. The highest BCUT2D eigenvalue weighted by molar-refractivity contribution is 6.74. The highest BCUT2D eigenvalue weighted by Gasteiger charge is 2.49. The monoisotopic (exact) mass is 287 g/mol. The topological polar surface area (TPSA) is 39.7 Å². The third-order valence-corrected chi connectivity index (χ3v) is 9.13. The van der Waals surface area contributed by atoms with Gasteiger partial charge in [-0.05, 0) is 32.0 Å². The fraction of sp³-hybridized carbons (Fsp3) is 1.00. The standard InChI is InChI=1S/C14H29NO3Si/c1-13(2,3)19(6,7)16-9-10-12-11(8-15-10)17-14(4,5)18-12/h10-12,15H,8-9H2,1-7H3/t10-,11?,12+/m1/s1. The zero-order valence-corrected chi connectivity index (χ0v) is 14.4. The molecule has 0 aromatic heterocycles. The van der Waals surface area contributed by atoms with Gasteiger partial charge in [0, 0.05) is 6.54 Å². The van der Waals surface area contributed by atoms with Gasteiger partial charge in [-0.25, -0.2) is 0 Å². The van der Waals surface area contributed by atoms with E-state index < -0.39 is 14.1 Å². The summed E-state index contributed by atoms with van der Waals surface area (Å²) >= 11 is 0. The normalized spacial score (nSPS) is 34.6. The van der Waals surface area contributed by atoms with Crippen LogP contribution in [0.2, 0.25) is 18.1 Å². The van der Waals surface area contributed by atoms with E-state index >= 15 is 0 Å². The van der Waals surface area contributed by atoms with Gasteiger partial charge in [0.05, 0.1) is 12.6 Å². The minimum atomic E-state index is -1.69. The molecule has 2 saturated heterocycles. The van der Waals surface area contributed by atoms with Crippen molar-refractivity contribution in [3.8, 4) is 0 Å². The molecule has 1 N–H and O–H groups in total. The average Bonchev–Trinajstić information content (AvgIpc) is 2.68. The summed E-state index contributed by atoms with van der Waals surface area (Å²) in [4.78, 5) is 0. The number of hydrogen-bond acceptors (Lipinski definition) is 4. The molecule has 3 atom stereocenters. The van der Waals surface area contributed by atoms with E-state index in [2.05, 4.69) is 39.2 Å². The Morgan fingerprint density at radius 3 is 2.47 bits per heavy atom. The molecule has 19 heavy (non-hydrogen) atoms. The van der Waals surface area contributed by atoms with Crippen LogP contribution >= 0.6 is 0 Å². The zero-order chi connectivity index (χ0) is 14.5.